The molecule has 0 nitrogen and oxygen atoms in total. The minimum Gasteiger partial charge on any atom is -0.0623 e. The third kappa shape index (κ3) is 5.31. The molecule has 0 heterocycles. The Labute approximate surface area is 301 Å². The van der Waals surface area contributed by atoms with E-state index in [9.17, 15) is 0 Å². The van der Waals surface area contributed by atoms with Gasteiger partial charge in [0.05, 0.1) is 0 Å². The Balaban J connectivity index is 1.45. The zero-order valence-corrected chi connectivity index (χ0v) is 29.3. The molecule has 0 aliphatic rings. The first-order valence-corrected chi connectivity index (χ1v) is 19.7. The van der Waals surface area contributed by atoms with Crippen molar-refractivity contribution < 1.29 is 0 Å². The van der Waals surface area contributed by atoms with Crippen molar-refractivity contribution in [1.29, 1.82) is 0 Å². The number of hydrogen-bond acceptors (Lipinski definition) is 0. The molecular weight excluding hydrogens is 629 g/mol. The second kappa shape index (κ2) is 13.2. The summed E-state index contributed by atoms with van der Waals surface area (Å²) in [5.41, 5.74) is 7.35. The topological polar surface area (TPSA) is 0 Å². The van der Waals surface area contributed by atoms with Crippen LogP contribution in [0.15, 0.2) is 218 Å². The Morgan fingerprint density at radius 3 is 0.902 bits per heavy atom. The van der Waals surface area contributed by atoms with Crippen LogP contribution in [-0.4, -0.2) is 8.07 Å². The molecule has 0 atom stereocenters. The van der Waals surface area contributed by atoms with Crippen molar-refractivity contribution in [2.45, 2.75) is 0 Å². The monoisotopic (exact) mass is 664 g/mol. The summed E-state index contributed by atoms with van der Waals surface area (Å²) in [6.45, 7) is 0. The summed E-state index contributed by atoms with van der Waals surface area (Å²) in [5, 5.41) is 10.7. The normalized spacial score (nSPS) is 11.5. The van der Waals surface area contributed by atoms with Gasteiger partial charge in [-0.2, -0.15) is 0 Å². The van der Waals surface area contributed by atoms with Crippen LogP contribution < -0.4 is 20.7 Å². The third-order valence-corrected chi connectivity index (χ3v) is 15.2. The zero-order chi connectivity index (χ0) is 34.0. The summed E-state index contributed by atoms with van der Waals surface area (Å²) in [4.78, 5) is 0. The molecule has 0 unspecified atom stereocenters. The van der Waals surface area contributed by atoms with Gasteiger partial charge in [0.2, 0.25) is 0 Å². The van der Waals surface area contributed by atoms with Crippen molar-refractivity contribution in [1.82, 2.24) is 0 Å². The summed E-state index contributed by atoms with van der Waals surface area (Å²) in [7, 11) is -2.88. The van der Waals surface area contributed by atoms with E-state index < -0.39 is 8.07 Å². The standard InChI is InChI=1S/C50H36Si/c1-6-20-37(21-7-1)39-34-40(38-22-8-2-9-23-38)36-41(35-39)49-45-30-16-18-32-47(45)50(48-33-19-17-31-46(48)49)51(42-24-10-3-11-25-42,43-26-12-4-13-27-43)44-28-14-5-15-29-44/h1-36H. The molecule has 51 heavy (non-hydrogen) atoms. The molecular formula is C50H36Si. The van der Waals surface area contributed by atoms with E-state index in [0.717, 1.165) is 0 Å². The van der Waals surface area contributed by atoms with Crippen molar-refractivity contribution in [2.24, 2.45) is 0 Å². The fourth-order valence-corrected chi connectivity index (χ4v) is 13.4. The molecule has 0 amide bonds. The van der Waals surface area contributed by atoms with Crippen LogP contribution >= 0.6 is 0 Å². The van der Waals surface area contributed by atoms with E-state index in [2.05, 4.69) is 218 Å². The van der Waals surface area contributed by atoms with Crippen LogP contribution in [0, 0.1) is 0 Å². The van der Waals surface area contributed by atoms with Crippen molar-refractivity contribution >= 4 is 50.4 Å². The lowest BCUT2D eigenvalue weighted by Gasteiger charge is -2.37. The maximum absolute atomic E-state index is 2.88. The molecule has 0 spiro atoms. The minimum absolute atomic E-state index is 1.21. The molecule has 9 aromatic carbocycles. The van der Waals surface area contributed by atoms with Crippen LogP contribution in [0.5, 0.6) is 0 Å². The van der Waals surface area contributed by atoms with Gasteiger partial charge in [-0.1, -0.05) is 200 Å². The molecule has 1 heteroatoms. The Morgan fingerprint density at radius 2 is 0.529 bits per heavy atom. The maximum Gasteiger partial charge on any atom is 0.180 e. The Kier molecular flexibility index (Phi) is 7.96. The van der Waals surface area contributed by atoms with E-state index in [0.29, 0.717) is 0 Å². The highest BCUT2D eigenvalue weighted by Crippen LogP contribution is 2.40. The smallest absolute Gasteiger partial charge is 0.0623 e. The summed E-state index contributed by atoms with van der Waals surface area (Å²) in [5.74, 6) is 0. The number of rotatable bonds is 7. The quantitative estimate of drug-likeness (QED) is 0.0904. The summed E-state index contributed by atoms with van der Waals surface area (Å²) < 4.78 is 0. The van der Waals surface area contributed by atoms with Gasteiger partial charge in [-0.15, -0.1) is 0 Å². The van der Waals surface area contributed by atoms with Crippen LogP contribution in [0.1, 0.15) is 0 Å². The second-order valence-electron chi connectivity index (χ2n) is 13.2. The average Bonchev–Trinajstić information content (AvgIpc) is 3.22. The Hall–Kier alpha value is -6.28. The lowest BCUT2D eigenvalue weighted by atomic mass is 9.88. The predicted molar refractivity (Wildman–Crippen MR) is 221 cm³/mol. The first kappa shape index (κ1) is 30.8. The molecule has 0 aromatic heterocycles. The van der Waals surface area contributed by atoms with Crippen molar-refractivity contribution in [3.05, 3.63) is 218 Å². The molecule has 240 valence electrons. The number of benzene rings is 9. The highest BCUT2D eigenvalue weighted by Gasteiger charge is 2.44. The zero-order valence-electron chi connectivity index (χ0n) is 28.3. The van der Waals surface area contributed by atoms with E-state index in [1.807, 2.05) is 0 Å². The summed E-state index contributed by atoms with van der Waals surface area (Å²) in [6, 6.07) is 80.8. The van der Waals surface area contributed by atoms with Gasteiger partial charge in [-0.25, -0.2) is 0 Å². The Morgan fingerprint density at radius 1 is 0.235 bits per heavy atom. The van der Waals surface area contributed by atoms with Gasteiger partial charge in [0.15, 0.2) is 8.07 Å². The van der Waals surface area contributed by atoms with Gasteiger partial charge in [0.25, 0.3) is 0 Å². The fraction of sp³-hybridized carbons (Fsp3) is 0. The number of fused-ring (bicyclic) bond motifs is 2. The Bertz CT molecular complexity index is 2380. The molecule has 0 saturated heterocycles. The van der Waals surface area contributed by atoms with Crippen molar-refractivity contribution in [3.63, 3.8) is 0 Å². The predicted octanol–water partition coefficient (Wildman–Crippen LogP) is 10.4. The second-order valence-corrected chi connectivity index (χ2v) is 17.0. The van der Waals surface area contributed by atoms with Crippen molar-refractivity contribution in [2.75, 3.05) is 0 Å². The summed E-state index contributed by atoms with van der Waals surface area (Å²) >= 11 is 0. The van der Waals surface area contributed by atoms with Gasteiger partial charge < -0.3 is 0 Å². The first-order chi connectivity index (χ1) is 25.3. The molecule has 0 radical (unpaired) electrons. The van der Waals surface area contributed by atoms with Crippen LogP contribution in [0.2, 0.25) is 0 Å². The molecule has 0 fully saturated rings. The highest BCUT2D eigenvalue weighted by molar-refractivity contribution is 7.21. The third-order valence-electron chi connectivity index (χ3n) is 10.4. The minimum atomic E-state index is -2.88. The van der Waals surface area contributed by atoms with E-state index in [1.54, 1.807) is 0 Å². The van der Waals surface area contributed by atoms with Gasteiger partial charge >= 0.3 is 0 Å². The summed E-state index contributed by atoms with van der Waals surface area (Å²) in [6.07, 6.45) is 0. The van der Waals surface area contributed by atoms with E-state index in [-0.39, 0.29) is 0 Å². The molecule has 0 aliphatic heterocycles. The van der Waals surface area contributed by atoms with E-state index in [1.165, 1.54) is 75.7 Å². The van der Waals surface area contributed by atoms with E-state index in [4.69, 9.17) is 0 Å². The average molecular weight is 665 g/mol. The van der Waals surface area contributed by atoms with Crippen LogP contribution in [0.3, 0.4) is 0 Å². The first-order valence-electron chi connectivity index (χ1n) is 17.7. The van der Waals surface area contributed by atoms with Crippen LogP contribution in [-0.2, 0) is 0 Å². The molecule has 0 bridgehead atoms. The number of hydrogen-bond donors (Lipinski definition) is 0. The van der Waals surface area contributed by atoms with Crippen LogP contribution in [0.4, 0.5) is 0 Å². The van der Waals surface area contributed by atoms with Gasteiger partial charge in [0, 0.05) is 0 Å². The molecule has 9 aromatic rings. The van der Waals surface area contributed by atoms with Crippen LogP contribution in [0.25, 0.3) is 54.9 Å². The SMILES string of the molecule is c1ccc(-c2cc(-c3ccccc3)cc(-c3c4ccccc4c([Si](c4ccccc4)(c4ccccc4)c4ccccc4)c4ccccc34)c2)cc1. The lowest BCUT2D eigenvalue weighted by Crippen LogP contribution is -2.75. The molecule has 0 N–H and O–H groups in total. The highest BCUT2D eigenvalue weighted by atomic mass is 28.3. The van der Waals surface area contributed by atoms with Gasteiger partial charge in [0.1, 0.15) is 0 Å². The molecule has 0 aliphatic carbocycles. The molecule has 0 saturated carbocycles. The lowest BCUT2D eigenvalue weighted by molar-refractivity contribution is 1.58. The fourth-order valence-electron chi connectivity index (χ4n) is 8.21. The van der Waals surface area contributed by atoms with Crippen molar-refractivity contribution in [3.8, 4) is 33.4 Å². The van der Waals surface area contributed by atoms with Gasteiger partial charge in [-0.3, -0.25) is 0 Å². The van der Waals surface area contributed by atoms with E-state index >= 15 is 0 Å². The maximum atomic E-state index is 2.39. The van der Waals surface area contributed by atoms with Gasteiger partial charge in [-0.05, 0) is 93.9 Å². The largest absolute Gasteiger partial charge is 0.180 e. The molecule has 9 rings (SSSR count).